The Morgan fingerprint density at radius 1 is 1.50 bits per heavy atom. The molecule has 74 valence electrons. The van der Waals surface area contributed by atoms with Gasteiger partial charge < -0.3 is 5.32 Å². The van der Waals surface area contributed by atoms with Crippen molar-refractivity contribution in [3.63, 3.8) is 0 Å². The van der Waals surface area contributed by atoms with Crippen molar-refractivity contribution in [2.45, 2.75) is 6.54 Å². The zero-order valence-electron chi connectivity index (χ0n) is 7.94. The van der Waals surface area contributed by atoms with Gasteiger partial charge in [-0.1, -0.05) is 5.92 Å². The van der Waals surface area contributed by atoms with Crippen LogP contribution in [-0.4, -0.2) is 28.0 Å². The van der Waals surface area contributed by atoms with Crippen LogP contribution in [0.2, 0.25) is 0 Å². The lowest BCUT2D eigenvalue weighted by Gasteiger charge is -2.02. The third-order valence-electron chi connectivity index (χ3n) is 1.53. The van der Waals surface area contributed by atoms with E-state index in [1.165, 1.54) is 0 Å². The first-order valence-electron chi connectivity index (χ1n) is 4.40. The Morgan fingerprint density at radius 3 is 3.14 bits per heavy atom. The summed E-state index contributed by atoms with van der Waals surface area (Å²) in [5.74, 6) is 4.41. The number of nitrogens with zero attached hydrogens (tertiary/aromatic N) is 2. The van der Waals surface area contributed by atoms with E-state index in [2.05, 4.69) is 21.2 Å². The fourth-order valence-corrected chi connectivity index (χ4v) is 1.46. The largest absolute Gasteiger partial charge is 0.310 e. The van der Waals surface area contributed by atoms with Crippen molar-refractivity contribution in [1.29, 1.82) is 0 Å². The van der Waals surface area contributed by atoms with E-state index in [1.807, 2.05) is 0 Å². The summed E-state index contributed by atoms with van der Waals surface area (Å²) in [4.78, 5) is 8.13. The molecule has 1 aromatic rings. The van der Waals surface area contributed by atoms with Gasteiger partial charge in [0.1, 0.15) is 0 Å². The second kappa shape index (κ2) is 7.36. The predicted molar refractivity (Wildman–Crippen MR) is 59.9 cm³/mol. The third-order valence-corrected chi connectivity index (χ3v) is 2.39. The van der Waals surface area contributed by atoms with Crippen LogP contribution >= 0.6 is 11.8 Å². The lowest BCUT2D eigenvalue weighted by atomic mass is 10.4. The molecular weight excluding hydrogens is 194 g/mol. The highest BCUT2D eigenvalue weighted by molar-refractivity contribution is 7.99. The third kappa shape index (κ3) is 4.85. The zero-order chi connectivity index (χ0) is 10.1. The molecule has 0 aliphatic carbocycles. The highest BCUT2D eigenvalue weighted by Crippen LogP contribution is 1.96. The van der Waals surface area contributed by atoms with Gasteiger partial charge in [-0.2, -0.15) is 0 Å². The predicted octanol–water partition coefficient (Wildman–Crippen LogP) is 0.933. The molecule has 0 saturated carbocycles. The Bertz CT molecular complexity index is 281. The molecule has 1 N–H and O–H groups in total. The Kier molecular flexibility index (Phi) is 5.80. The number of thioether (sulfide) groups is 1. The van der Waals surface area contributed by atoms with Crippen molar-refractivity contribution in [3.8, 4) is 12.3 Å². The second-order valence-electron chi connectivity index (χ2n) is 2.63. The van der Waals surface area contributed by atoms with Gasteiger partial charge in [0, 0.05) is 37.4 Å². The smallest absolute Gasteiger partial charge is 0.0724 e. The first-order valence-corrected chi connectivity index (χ1v) is 5.56. The van der Waals surface area contributed by atoms with Gasteiger partial charge in [0.25, 0.3) is 0 Å². The summed E-state index contributed by atoms with van der Waals surface area (Å²) in [7, 11) is 0. The Balaban J connectivity index is 2.03. The summed E-state index contributed by atoms with van der Waals surface area (Å²) >= 11 is 1.75. The minimum atomic E-state index is 0.768. The lowest BCUT2D eigenvalue weighted by Crippen LogP contribution is -2.17. The van der Waals surface area contributed by atoms with Gasteiger partial charge in [-0.3, -0.25) is 9.97 Å². The molecule has 1 heterocycles. The molecule has 0 unspecified atom stereocenters. The average molecular weight is 207 g/mol. The van der Waals surface area contributed by atoms with Gasteiger partial charge in [0.15, 0.2) is 0 Å². The van der Waals surface area contributed by atoms with E-state index in [4.69, 9.17) is 6.42 Å². The molecule has 0 saturated heterocycles. The minimum absolute atomic E-state index is 0.768. The van der Waals surface area contributed by atoms with E-state index in [9.17, 15) is 0 Å². The number of rotatable bonds is 6. The molecule has 4 heteroatoms. The van der Waals surface area contributed by atoms with E-state index in [-0.39, 0.29) is 0 Å². The summed E-state index contributed by atoms with van der Waals surface area (Å²) in [6, 6.07) is 0. The van der Waals surface area contributed by atoms with Crippen molar-refractivity contribution in [2.24, 2.45) is 0 Å². The van der Waals surface area contributed by atoms with Crippen LogP contribution in [0.5, 0.6) is 0 Å². The van der Waals surface area contributed by atoms with Crippen molar-refractivity contribution >= 4 is 11.8 Å². The molecule has 3 nitrogen and oxygen atoms in total. The van der Waals surface area contributed by atoms with Crippen molar-refractivity contribution < 1.29 is 0 Å². The maximum atomic E-state index is 5.12. The molecule has 1 rings (SSSR count). The number of hydrogen-bond acceptors (Lipinski definition) is 4. The van der Waals surface area contributed by atoms with E-state index < -0.39 is 0 Å². The van der Waals surface area contributed by atoms with Gasteiger partial charge in [-0.05, 0) is 0 Å². The van der Waals surface area contributed by atoms with Crippen molar-refractivity contribution in [1.82, 2.24) is 15.3 Å². The van der Waals surface area contributed by atoms with Crippen LogP contribution in [0.1, 0.15) is 5.69 Å². The summed E-state index contributed by atoms with van der Waals surface area (Å²) in [5, 5.41) is 3.27. The molecule has 1 aromatic heterocycles. The number of aromatic nitrogens is 2. The zero-order valence-corrected chi connectivity index (χ0v) is 8.76. The molecular formula is C10H13N3S. The molecule has 0 aliphatic heterocycles. The van der Waals surface area contributed by atoms with Crippen LogP contribution in [0.4, 0.5) is 0 Å². The molecule has 0 aromatic carbocycles. The molecule has 0 fully saturated rings. The van der Waals surface area contributed by atoms with Crippen LogP contribution in [-0.2, 0) is 6.54 Å². The Labute approximate surface area is 88.7 Å². The highest BCUT2D eigenvalue weighted by Gasteiger charge is 1.92. The van der Waals surface area contributed by atoms with E-state index in [1.54, 1.807) is 30.4 Å². The monoisotopic (exact) mass is 207 g/mol. The van der Waals surface area contributed by atoms with Crippen molar-refractivity contribution in [2.75, 3.05) is 18.1 Å². The average Bonchev–Trinajstić information content (AvgIpc) is 2.25. The molecule has 14 heavy (non-hydrogen) atoms. The molecule has 0 radical (unpaired) electrons. The molecule has 0 amide bonds. The van der Waals surface area contributed by atoms with Gasteiger partial charge >= 0.3 is 0 Å². The maximum absolute atomic E-state index is 5.12. The fraction of sp³-hybridized carbons (Fsp3) is 0.400. The summed E-state index contributed by atoms with van der Waals surface area (Å²) in [6.07, 6.45) is 10.3. The Morgan fingerprint density at radius 2 is 2.43 bits per heavy atom. The van der Waals surface area contributed by atoms with Crippen LogP contribution in [0.3, 0.4) is 0 Å². The SMILES string of the molecule is C#CCSCCNCc1cnccn1. The van der Waals surface area contributed by atoms with Crippen LogP contribution < -0.4 is 5.32 Å². The molecule has 0 spiro atoms. The van der Waals surface area contributed by atoms with Gasteiger partial charge in [0.05, 0.1) is 11.4 Å². The van der Waals surface area contributed by atoms with Gasteiger partial charge in [0.2, 0.25) is 0 Å². The summed E-state index contributed by atoms with van der Waals surface area (Å²) < 4.78 is 0. The maximum Gasteiger partial charge on any atom is 0.0724 e. The van der Waals surface area contributed by atoms with Crippen molar-refractivity contribution in [3.05, 3.63) is 24.3 Å². The van der Waals surface area contributed by atoms with Crippen LogP contribution in [0.25, 0.3) is 0 Å². The highest BCUT2D eigenvalue weighted by atomic mass is 32.2. The van der Waals surface area contributed by atoms with Gasteiger partial charge in [-0.25, -0.2) is 0 Å². The molecule has 0 aliphatic rings. The summed E-state index contributed by atoms with van der Waals surface area (Å²) in [5.41, 5.74) is 0.967. The fourth-order valence-electron chi connectivity index (χ4n) is 0.913. The number of nitrogens with one attached hydrogen (secondary N) is 1. The topological polar surface area (TPSA) is 37.8 Å². The van der Waals surface area contributed by atoms with E-state index in [0.29, 0.717) is 0 Å². The quantitative estimate of drug-likeness (QED) is 0.556. The molecule has 0 bridgehead atoms. The minimum Gasteiger partial charge on any atom is -0.310 e. The van der Waals surface area contributed by atoms with Crippen LogP contribution in [0, 0.1) is 12.3 Å². The van der Waals surface area contributed by atoms with E-state index >= 15 is 0 Å². The number of terminal acetylenes is 1. The molecule has 0 atom stereocenters. The lowest BCUT2D eigenvalue weighted by molar-refractivity contribution is 0.712. The second-order valence-corrected chi connectivity index (χ2v) is 3.74. The number of hydrogen-bond donors (Lipinski definition) is 1. The van der Waals surface area contributed by atoms with E-state index in [0.717, 1.165) is 30.3 Å². The Hall–Kier alpha value is -1.05. The first kappa shape index (κ1) is 11.0. The van der Waals surface area contributed by atoms with Crippen LogP contribution in [0.15, 0.2) is 18.6 Å². The standard InChI is InChI=1S/C10H13N3S/c1-2-6-14-7-5-12-9-10-8-11-3-4-13-10/h1,3-4,8,12H,5-7,9H2. The summed E-state index contributed by atoms with van der Waals surface area (Å²) in [6.45, 7) is 1.72. The first-order chi connectivity index (χ1) is 6.93. The van der Waals surface area contributed by atoms with Gasteiger partial charge in [-0.15, -0.1) is 18.2 Å². The normalized spacial score (nSPS) is 9.64.